The quantitative estimate of drug-likeness (QED) is 0.388. The Balaban J connectivity index is 1.35. The number of halogens is 3. The van der Waals surface area contributed by atoms with Crippen molar-refractivity contribution in [1.29, 1.82) is 0 Å². The van der Waals surface area contributed by atoms with Crippen LogP contribution in [0.2, 0.25) is 0 Å². The molecule has 1 N–H and O–H groups in total. The Morgan fingerprint density at radius 1 is 0.875 bits per heavy atom. The first kappa shape index (κ1) is 21.6. The predicted molar refractivity (Wildman–Crippen MR) is 116 cm³/mol. The van der Waals surface area contributed by atoms with Crippen molar-refractivity contribution in [2.75, 3.05) is 0 Å². The van der Waals surface area contributed by atoms with E-state index >= 15 is 0 Å². The van der Waals surface area contributed by atoms with E-state index in [9.17, 15) is 18.0 Å². The standard InChI is InChI=1S/C24H17F3N2O2S/c25-18-5-1-15(2-6-18)12-28-23(30)22-14-32-24(29-22)17-3-7-21(8-4-17)31-13-16-9-19(26)11-20(27)10-16/h1-11,14H,12-13H2,(H,28,30). The number of carbonyl (C=O) groups excluding carboxylic acids is 1. The Morgan fingerprint density at radius 2 is 1.56 bits per heavy atom. The highest BCUT2D eigenvalue weighted by atomic mass is 32.1. The topological polar surface area (TPSA) is 51.2 Å². The number of aromatic nitrogens is 1. The number of nitrogens with zero attached hydrogens (tertiary/aromatic N) is 1. The fourth-order valence-corrected chi connectivity index (χ4v) is 3.75. The molecule has 0 aliphatic rings. The molecule has 0 atom stereocenters. The SMILES string of the molecule is O=C(NCc1ccc(F)cc1)c1csc(-c2ccc(OCc3cc(F)cc(F)c3)cc2)n1. The lowest BCUT2D eigenvalue weighted by atomic mass is 10.2. The minimum absolute atomic E-state index is 0.0314. The van der Waals surface area contributed by atoms with Crippen molar-refractivity contribution in [3.63, 3.8) is 0 Å². The molecule has 4 nitrogen and oxygen atoms in total. The maximum Gasteiger partial charge on any atom is 0.271 e. The lowest BCUT2D eigenvalue weighted by Gasteiger charge is -2.07. The van der Waals surface area contributed by atoms with Crippen LogP contribution in [0, 0.1) is 17.5 Å². The molecular weight excluding hydrogens is 437 g/mol. The second-order valence-corrected chi connectivity index (χ2v) is 7.80. The minimum atomic E-state index is -0.653. The van der Waals surface area contributed by atoms with Gasteiger partial charge in [-0.15, -0.1) is 11.3 Å². The third kappa shape index (κ3) is 5.53. The van der Waals surface area contributed by atoms with Crippen LogP contribution in [0.25, 0.3) is 10.6 Å². The zero-order chi connectivity index (χ0) is 22.5. The molecule has 8 heteroatoms. The third-order valence-electron chi connectivity index (χ3n) is 4.53. The second kappa shape index (κ2) is 9.65. The van der Waals surface area contributed by atoms with Gasteiger partial charge in [0.05, 0.1) is 0 Å². The fraction of sp³-hybridized carbons (Fsp3) is 0.0833. The highest BCUT2D eigenvalue weighted by Crippen LogP contribution is 2.26. The van der Waals surface area contributed by atoms with Gasteiger partial charge in [0.15, 0.2) is 0 Å². The Bertz CT molecular complexity index is 1200. The molecule has 4 rings (SSSR count). The van der Waals surface area contributed by atoms with Crippen LogP contribution in [0.1, 0.15) is 21.6 Å². The first-order valence-electron chi connectivity index (χ1n) is 9.63. The first-order valence-corrected chi connectivity index (χ1v) is 10.5. The molecule has 4 aromatic rings. The summed E-state index contributed by atoms with van der Waals surface area (Å²) in [5.74, 6) is -1.42. The smallest absolute Gasteiger partial charge is 0.271 e. The number of hydrogen-bond donors (Lipinski definition) is 1. The van der Waals surface area contributed by atoms with Gasteiger partial charge in [0, 0.05) is 23.6 Å². The number of benzene rings is 3. The van der Waals surface area contributed by atoms with Crippen molar-refractivity contribution in [1.82, 2.24) is 10.3 Å². The maximum atomic E-state index is 13.3. The number of nitrogens with one attached hydrogen (secondary N) is 1. The summed E-state index contributed by atoms with van der Waals surface area (Å²) in [6, 6.07) is 16.2. The molecule has 1 amide bonds. The van der Waals surface area contributed by atoms with Crippen molar-refractivity contribution < 1.29 is 22.7 Å². The third-order valence-corrected chi connectivity index (χ3v) is 5.42. The van der Waals surface area contributed by atoms with Crippen molar-refractivity contribution >= 4 is 17.2 Å². The monoisotopic (exact) mass is 454 g/mol. The van der Waals surface area contributed by atoms with Gasteiger partial charge in [0.1, 0.15) is 40.5 Å². The van der Waals surface area contributed by atoms with Crippen molar-refractivity contribution in [3.8, 4) is 16.3 Å². The number of ether oxygens (including phenoxy) is 1. The summed E-state index contributed by atoms with van der Waals surface area (Å²) in [5.41, 5.74) is 2.27. The molecule has 0 spiro atoms. The van der Waals surface area contributed by atoms with Crippen molar-refractivity contribution in [2.24, 2.45) is 0 Å². The van der Waals surface area contributed by atoms with E-state index in [2.05, 4.69) is 10.3 Å². The van der Waals surface area contributed by atoms with Gasteiger partial charge in [-0.3, -0.25) is 4.79 Å². The van der Waals surface area contributed by atoms with Crippen LogP contribution in [0.4, 0.5) is 13.2 Å². The van der Waals surface area contributed by atoms with E-state index in [4.69, 9.17) is 4.74 Å². The molecular formula is C24H17F3N2O2S. The van der Waals surface area contributed by atoms with Crippen LogP contribution in [0.3, 0.4) is 0 Å². The molecule has 1 heterocycles. The van der Waals surface area contributed by atoms with Gasteiger partial charge in [-0.2, -0.15) is 0 Å². The molecule has 0 aliphatic carbocycles. The van der Waals surface area contributed by atoms with E-state index in [1.807, 2.05) is 0 Å². The number of amides is 1. The van der Waals surface area contributed by atoms with E-state index in [1.165, 1.54) is 35.6 Å². The van der Waals surface area contributed by atoms with Crippen LogP contribution in [0.5, 0.6) is 5.75 Å². The predicted octanol–water partition coefficient (Wildman–Crippen LogP) is 5.74. The van der Waals surface area contributed by atoms with Gasteiger partial charge < -0.3 is 10.1 Å². The molecule has 3 aromatic carbocycles. The van der Waals surface area contributed by atoms with Crippen LogP contribution in [-0.2, 0) is 13.2 Å². The molecule has 0 fully saturated rings. The molecule has 0 unspecified atom stereocenters. The van der Waals surface area contributed by atoms with Gasteiger partial charge in [-0.05, 0) is 59.7 Å². The summed E-state index contributed by atoms with van der Waals surface area (Å²) in [6.45, 7) is 0.302. The molecule has 0 radical (unpaired) electrons. The Labute approximate surface area is 186 Å². The highest BCUT2D eigenvalue weighted by molar-refractivity contribution is 7.13. The van der Waals surface area contributed by atoms with E-state index in [0.717, 1.165) is 17.2 Å². The zero-order valence-electron chi connectivity index (χ0n) is 16.6. The molecule has 0 saturated carbocycles. The van der Waals surface area contributed by atoms with Crippen molar-refractivity contribution in [2.45, 2.75) is 13.2 Å². The number of hydrogen-bond acceptors (Lipinski definition) is 4. The minimum Gasteiger partial charge on any atom is -0.489 e. The second-order valence-electron chi connectivity index (χ2n) is 6.94. The lowest BCUT2D eigenvalue weighted by molar-refractivity contribution is 0.0946. The molecule has 32 heavy (non-hydrogen) atoms. The summed E-state index contributed by atoms with van der Waals surface area (Å²) in [4.78, 5) is 16.7. The Hall–Kier alpha value is -3.65. The van der Waals surface area contributed by atoms with Crippen molar-refractivity contribution in [3.05, 3.63) is 106 Å². The van der Waals surface area contributed by atoms with Crippen LogP contribution in [0.15, 0.2) is 72.1 Å². The summed E-state index contributed by atoms with van der Waals surface area (Å²) in [6.07, 6.45) is 0. The molecule has 1 aromatic heterocycles. The van der Waals surface area contributed by atoms with E-state index in [0.29, 0.717) is 22.0 Å². The van der Waals surface area contributed by atoms with E-state index in [-0.39, 0.29) is 24.9 Å². The summed E-state index contributed by atoms with van der Waals surface area (Å²) >= 11 is 1.33. The van der Waals surface area contributed by atoms with Gasteiger partial charge in [0.25, 0.3) is 5.91 Å². The van der Waals surface area contributed by atoms with Crippen LogP contribution < -0.4 is 10.1 Å². The Morgan fingerprint density at radius 3 is 2.25 bits per heavy atom. The molecule has 0 bridgehead atoms. The number of rotatable bonds is 7. The largest absolute Gasteiger partial charge is 0.489 e. The number of thiazole rings is 1. The van der Waals surface area contributed by atoms with Gasteiger partial charge in [-0.25, -0.2) is 18.2 Å². The average Bonchev–Trinajstić information content (AvgIpc) is 3.27. The molecule has 162 valence electrons. The van der Waals surface area contributed by atoms with Gasteiger partial charge in [-0.1, -0.05) is 12.1 Å². The van der Waals surface area contributed by atoms with Gasteiger partial charge in [0.2, 0.25) is 0 Å². The van der Waals surface area contributed by atoms with E-state index < -0.39 is 11.6 Å². The fourth-order valence-electron chi connectivity index (χ4n) is 2.94. The van der Waals surface area contributed by atoms with Crippen LogP contribution in [-0.4, -0.2) is 10.9 Å². The summed E-state index contributed by atoms with van der Waals surface area (Å²) in [7, 11) is 0. The average molecular weight is 454 g/mol. The normalized spacial score (nSPS) is 10.7. The van der Waals surface area contributed by atoms with E-state index in [1.54, 1.807) is 41.8 Å². The Kier molecular flexibility index (Phi) is 6.51. The van der Waals surface area contributed by atoms with Gasteiger partial charge >= 0.3 is 0 Å². The van der Waals surface area contributed by atoms with Crippen LogP contribution >= 0.6 is 11.3 Å². The zero-order valence-corrected chi connectivity index (χ0v) is 17.5. The lowest BCUT2D eigenvalue weighted by Crippen LogP contribution is -2.23. The molecule has 0 aliphatic heterocycles. The molecule has 0 saturated heterocycles. The summed E-state index contributed by atoms with van der Waals surface area (Å²) in [5, 5.41) is 5.09. The summed E-state index contributed by atoms with van der Waals surface area (Å²) < 4.78 is 45.1. The maximum absolute atomic E-state index is 13.3. The first-order chi connectivity index (χ1) is 15.5. The highest BCUT2D eigenvalue weighted by Gasteiger charge is 2.12. The number of carbonyl (C=O) groups is 1.